The molecule has 1 amide bonds. The molecule has 7 heteroatoms. The summed E-state index contributed by atoms with van der Waals surface area (Å²) >= 11 is 0. The van der Waals surface area contributed by atoms with Crippen molar-refractivity contribution in [1.29, 1.82) is 0 Å². The van der Waals surface area contributed by atoms with Crippen LogP contribution in [0.5, 0.6) is 0 Å². The van der Waals surface area contributed by atoms with E-state index in [2.05, 4.69) is 24.5 Å². The largest absolute Gasteiger partial charge is 0.445 e. The summed E-state index contributed by atoms with van der Waals surface area (Å²) in [5.74, 6) is 0.0449. The number of esters is 1. The lowest BCUT2D eigenvalue weighted by Gasteiger charge is -2.25. The number of ether oxygens (including phenoxy) is 3. The third-order valence-electron chi connectivity index (χ3n) is 4.52. The average Bonchev–Trinajstić information content (AvgIpc) is 3.05. The Morgan fingerprint density at radius 1 is 1.25 bits per heavy atom. The Hall–Kier alpha value is -2.12. The lowest BCUT2D eigenvalue weighted by atomic mass is 10.0. The minimum Gasteiger partial charge on any atom is -0.445 e. The van der Waals surface area contributed by atoms with E-state index in [4.69, 9.17) is 14.2 Å². The summed E-state index contributed by atoms with van der Waals surface area (Å²) < 4.78 is 16.0. The molecule has 0 saturated carbocycles. The fourth-order valence-electron chi connectivity index (χ4n) is 3.14. The molecule has 1 saturated heterocycles. The van der Waals surface area contributed by atoms with Gasteiger partial charge in [0.1, 0.15) is 6.61 Å². The Bertz CT molecular complexity index is 632. The number of benzene rings is 1. The van der Waals surface area contributed by atoms with Crippen molar-refractivity contribution in [3.05, 3.63) is 35.4 Å². The van der Waals surface area contributed by atoms with Crippen LogP contribution in [0.3, 0.4) is 0 Å². The van der Waals surface area contributed by atoms with E-state index in [9.17, 15) is 9.59 Å². The number of alkyl carbamates (subject to hydrolysis) is 1. The highest BCUT2D eigenvalue weighted by Gasteiger charge is 2.31. The number of rotatable bonds is 9. The van der Waals surface area contributed by atoms with Gasteiger partial charge in [0.05, 0.1) is 12.6 Å². The second-order valence-corrected chi connectivity index (χ2v) is 7.68. The van der Waals surface area contributed by atoms with Crippen LogP contribution >= 0.6 is 0 Å². The molecular weight excluding hydrogens is 360 g/mol. The van der Waals surface area contributed by atoms with E-state index < -0.39 is 12.4 Å². The topological polar surface area (TPSA) is 85.9 Å². The van der Waals surface area contributed by atoms with Crippen LogP contribution in [-0.4, -0.2) is 43.6 Å². The number of amides is 1. The number of hydrogen-bond donors (Lipinski definition) is 2. The first-order valence-electron chi connectivity index (χ1n) is 9.84. The summed E-state index contributed by atoms with van der Waals surface area (Å²) in [6.07, 6.45) is 0.542. The van der Waals surface area contributed by atoms with Crippen molar-refractivity contribution in [2.24, 2.45) is 5.92 Å². The number of hydrogen-bond acceptors (Lipinski definition) is 6. The third kappa shape index (κ3) is 7.86. The molecule has 0 radical (unpaired) electrons. The third-order valence-corrected chi connectivity index (χ3v) is 4.52. The van der Waals surface area contributed by atoms with Gasteiger partial charge < -0.3 is 24.8 Å². The number of aryl methyl sites for hydroxylation is 1. The van der Waals surface area contributed by atoms with Gasteiger partial charge in [-0.15, -0.1) is 0 Å². The Balaban J connectivity index is 1.82. The molecule has 7 nitrogen and oxygen atoms in total. The number of carbonyl (C=O) groups excluding carboxylic acids is 2. The monoisotopic (exact) mass is 392 g/mol. The van der Waals surface area contributed by atoms with Crippen molar-refractivity contribution in [2.75, 3.05) is 13.2 Å². The molecule has 2 rings (SSSR count). The first-order valence-corrected chi connectivity index (χ1v) is 9.84. The Morgan fingerprint density at radius 2 is 1.96 bits per heavy atom. The van der Waals surface area contributed by atoms with Gasteiger partial charge in [-0.05, 0) is 31.2 Å². The maximum absolute atomic E-state index is 12.2. The maximum atomic E-state index is 12.2. The minimum absolute atomic E-state index is 0.0797. The standard InChI is InChI=1S/C21H32N2O5/c1-14(2)11-18(12-22-19-9-10-26-20(19)28-16(4)24)23-21(25)27-13-17-7-5-15(3)6-8-17/h5-8,14,18-20,22H,9-13H2,1-4H3,(H,23,25)/t18-,19+,20+/m1/s1. The van der Waals surface area contributed by atoms with E-state index in [1.165, 1.54) is 12.5 Å². The summed E-state index contributed by atoms with van der Waals surface area (Å²) in [5, 5.41) is 6.29. The van der Waals surface area contributed by atoms with E-state index in [0.717, 1.165) is 18.4 Å². The first-order chi connectivity index (χ1) is 13.3. The van der Waals surface area contributed by atoms with Crippen molar-refractivity contribution in [2.45, 2.75) is 65.5 Å². The van der Waals surface area contributed by atoms with Crippen LogP contribution in [-0.2, 0) is 25.6 Å². The molecule has 1 aromatic carbocycles. The molecule has 0 bridgehead atoms. The molecule has 0 unspecified atom stereocenters. The second kappa shape index (κ2) is 11.0. The van der Waals surface area contributed by atoms with E-state index in [1.54, 1.807) is 0 Å². The van der Waals surface area contributed by atoms with Gasteiger partial charge in [-0.3, -0.25) is 4.79 Å². The highest BCUT2D eigenvalue weighted by molar-refractivity contribution is 5.67. The van der Waals surface area contributed by atoms with Gasteiger partial charge >= 0.3 is 12.1 Å². The predicted molar refractivity (Wildman–Crippen MR) is 106 cm³/mol. The lowest BCUT2D eigenvalue weighted by Crippen LogP contribution is -2.48. The normalized spacial score (nSPS) is 20.0. The van der Waals surface area contributed by atoms with Crippen LogP contribution in [0.15, 0.2) is 24.3 Å². The van der Waals surface area contributed by atoms with Crippen molar-refractivity contribution in [3.8, 4) is 0 Å². The highest BCUT2D eigenvalue weighted by Crippen LogP contribution is 2.15. The zero-order chi connectivity index (χ0) is 20.5. The van der Waals surface area contributed by atoms with Gasteiger partial charge in [0.2, 0.25) is 6.29 Å². The summed E-state index contributed by atoms with van der Waals surface area (Å²) in [6.45, 7) is 8.91. The molecule has 1 fully saturated rings. The number of carbonyl (C=O) groups is 2. The lowest BCUT2D eigenvalue weighted by molar-refractivity contribution is -0.170. The molecular formula is C21H32N2O5. The van der Waals surface area contributed by atoms with Gasteiger partial charge in [0.15, 0.2) is 0 Å². The summed E-state index contributed by atoms with van der Waals surface area (Å²) in [6, 6.07) is 7.71. The smallest absolute Gasteiger partial charge is 0.407 e. The van der Waals surface area contributed by atoms with Crippen LogP contribution < -0.4 is 10.6 Å². The van der Waals surface area contributed by atoms with Gasteiger partial charge in [-0.2, -0.15) is 0 Å². The Morgan fingerprint density at radius 3 is 2.61 bits per heavy atom. The van der Waals surface area contributed by atoms with Gasteiger partial charge in [0, 0.05) is 19.5 Å². The van der Waals surface area contributed by atoms with E-state index in [0.29, 0.717) is 19.1 Å². The predicted octanol–water partition coefficient (Wildman–Crippen LogP) is 2.90. The molecule has 0 aromatic heterocycles. The van der Waals surface area contributed by atoms with Crippen molar-refractivity contribution in [1.82, 2.24) is 10.6 Å². The van der Waals surface area contributed by atoms with Crippen molar-refractivity contribution < 1.29 is 23.8 Å². The van der Waals surface area contributed by atoms with Gasteiger partial charge in [0.25, 0.3) is 0 Å². The average molecular weight is 392 g/mol. The fourth-order valence-corrected chi connectivity index (χ4v) is 3.14. The molecule has 1 aliphatic heterocycles. The van der Waals surface area contributed by atoms with Crippen molar-refractivity contribution in [3.63, 3.8) is 0 Å². The molecule has 3 atom stereocenters. The van der Waals surface area contributed by atoms with E-state index >= 15 is 0 Å². The molecule has 28 heavy (non-hydrogen) atoms. The zero-order valence-electron chi connectivity index (χ0n) is 17.2. The number of nitrogens with one attached hydrogen (secondary N) is 2. The fraction of sp³-hybridized carbons (Fsp3) is 0.619. The molecule has 1 aliphatic rings. The molecule has 0 aliphatic carbocycles. The second-order valence-electron chi connectivity index (χ2n) is 7.68. The molecule has 156 valence electrons. The van der Waals surface area contributed by atoms with Crippen LogP contribution in [0.2, 0.25) is 0 Å². The molecule has 0 spiro atoms. The molecule has 2 N–H and O–H groups in total. The van der Waals surface area contributed by atoms with E-state index in [1.807, 2.05) is 31.2 Å². The molecule has 1 aromatic rings. The Kier molecular flexibility index (Phi) is 8.73. The van der Waals surface area contributed by atoms with Crippen molar-refractivity contribution >= 4 is 12.1 Å². The van der Waals surface area contributed by atoms with E-state index in [-0.39, 0.29) is 24.7 Å². The van der Waals surface area contributed by atoms with Gasteiger partial charge in [-0.1, -0.05) is 43.7 Å². The summed E-state index contributed by atoms with van der Waals surface area (Å²) in [4.78, 5) is 23.4. The zero-order valence-corrected chi connectivity index (χ0v) is 17.2. The summed E-state index contributed by atoms with van der Waals surface area (Å²) in [5.41, 5.74) is 2.12. The molecule has 1 heterocycles. The minimum atomic E-state index is -0.578. The highest BCUT2D eigenvalue weighted by atomic mass is 16.7. The quantitative estimate of drug-likeness (QED) is 0.629. The van der Waals surface area contributed by atoms with Crippen LogP contribution in [0.1, 0.15) is 44.7 Å². The summed E-state index contributed by atoms with van der Waals surface area (Å²) in [7, 11) is 0. The first kappa shape index (κ1) is 22.2. The SMILES string of the molecule is CC(=O)O[C@@H]1OCC[C@@H]1NC[C@@H](CC(C)C)NC(=O)OCc1ccc(C)cc1. The van der Waals surface area contributed by atoms with Crippen LogP contribution in [0.4, 0.5) is 4.79 Å². The van der Waals surface area contributed by atoms with Crippen LogP contribution in [0, 0.1) is 12.8 Å². The van der Waals surface area contributed by atoms with Crippen LogP contribution in [0.25, 0.3) is 0 Å². The maximum Gasteiger partial charge on any atom is 0.407 e. The Labute approximate surface area is 167 Å². The van der Waals surface area contributed by atoms with Gasteiger partial charge in [-0.25, -0.2) is 4.79 Å².